The van der Waals surface area contributed by atoms with Crippen molar-refractivity contribution >= 4 is 66.3 Å². The van der Waals surface area contributed by atoms with Gasteiger partial charge in [-0.25, -0.2) is 0 Å². The summed E-state index contributed by atoms with van der Waals surface area (Å²) in [6.07, 6.45) is 1.75. The summed E-state index contributed by atoms with van der Waals surface area (Å²) in [5, 5.41) is 3.06. The molecule has 18 heavy (non-hydrogen) atoms. The molecule has 90 valence electrons. The standard InChI is InChI=1S/C12H6BrNO2S2/c13-7-2-1-6-3-8(17-9(6)4-7)5-10-11(15)14-12(16)18-10/h1-5H,(H,14,15,16)/b10-5-. The first-order chi connectivity index (χ1) is 8.61. The van der Waals surface area contributed by atoms with Gasteiger partial charge < -0.3 is 0 Å². The first-order valence-corrected chi connectivity index (χ1v) is 7.48. The number of thioether (sulfide) groups is 1. The van der Waals surface area contributed by atoms with Crippen LogP contribution in [0.25, 0.3) is 16.2 Å². The number of benzene rings is 1. The molecule has 2 aromatic rings. The first kappa shape index (κ1) is 12.0. The van der Waals surface area contributed by atoms with E-state index in [1.807, 2.05) is 24.3 Å². The van der Waals surface area contributed by atoms with Crippen LogP contribution in [0, 0.1) is 0 Å². The van der Waals surface area contributed by atoms with Gasteiger partial charge in [0, 0.05) is 14.0 Å². The van der Waals surface area contributed by atoms with Crippen molar-refractivity contribution in [2.24, 2.45) is 0 Å². The Bertz CT molecular complexity index is 705. The average molecular weight is 340 g/mol. The van der Waals surface area contributed by atoms with Gasteiger partial charge in [0.1, 0.15) is 0 Å². The summed E-state index contributed by atoms with van der Waals surface area (Å²) < 4.78 is 2.17. The Morgan fingerprint density at radius 3 is 2.78 bits per heavy atom. The zero-order chi connectivity index (χ0) is 12.7. The van der Waals surface area contributed by atoms with Gasteiger partial charge in [-0.3, -0.25) is 14.9 Å². The highest BCUT2D eigenvalue weighted by Gasteiger charge is 2.25. The van der Waals surface area contributed by atoms with Crippen molar-refractivity contribution in [3.05, 3.63) is 38.5 Å². The Balaban J connectivity index is 2.03. The summed E-state index contributed by atoms with van der Waals surface area (Å²) >= 11 is 5.96. The summed E-state index contributed by atoms with van der Waals surface area (Å²) in [6.45, 7) is 0. The molecular weight excluding hydrogens is 334 g/mol. The fraction of sp³-hybridized carbons (Fsp3) is 0. The fourth-order valence-corrected chi connectivity index (χ4v) is 3.95. The lowest BCUT2D eigenvalue weighted by molar-refractivity contribution is -0.115. The third kappa shape index (κ3) is 2.23. The van der Waals surface area contributed by atoms with E-state index in [4.69, 9.17) is 0 Å². The number of rotatable bonds is 1. The Kier molecular flexibility index (Phi) is 3.01. The minimum absolute atomic E-state index is 0.310. The number of thiophene rings is 1. The number of hydrogen-bond acceptors (Lipinski definition) is 4. The van der Waals surface area contributed by atoms with E-state index in [-0.39, 0.29) is 11.1 Å². The van der Waals surface area contributed by atoms with Crippen molar-refractivity contribution in [1.29, 1.82) is 0 Å². The van der Waals surface area contributed by atoms with Gasteiger partial charge in [0.05, 0.1) is 4.91 Å². The molecule has 0 spiro atoms. The largest absolute Gasteiger partial charge is 0.290 e. The van der Waals surface area contributed by atoms with E-state index in [1.54, 1.807) is 17.4 Å². The smallest absolute Gasteiger partial charge is 0.282 e. The Morgan fingerprint density at radius 2 is 2.06 bits per heavy atom. The van der Waals surface area contributed by atoms with E-state index >= 15 is 0 Å². The molecule has 0 atom stereocenters. The van der Waals surface area contributed by atoms with Crippen molar-refractivity contribution in [3.63, 3.8) is 0 Å². The van der Waals surface area contributed by atoms with Gasteiger partial charge in [0.25, 0.3) is 11.1 Å². The van der Waals surface area contributed by atoms with Crippen LogP contribution >= 0.6 is 39.0 Å². The summed E-state index contributed by atoms with van der Waals surface area (Å²) in [4.78, 5) is 23.9. The summed E-state index contributed by atoms with van der Waals surface area (Å²) in [5.74, 6) is -0.316. The molecule has 3 rings (SSSR count). The van der Waals surface area contributed by atoms with Gasteiger partial charge in [0.2, 0.25) is 0 Å². The molecule has 1 aromatic carbocycles. The second kappa shape index (κ2) is 4.53. The molecule has 2 heterocycles. The molecule has 2 amide bonds. The van der Waals surface area contributed by atoms with Crippen LogP contribution in [-0.4, -0.2) is 11.1 Å². The first-order valence-electron chi connectivity index (χ1n) is 5.06. The number of carbonyl (C=O) groups excluding carboxylic acids is 2. The van der Waals surface area contributed by atoms with Crippen LogP contribution in [0.4, 0.5) is 4.79 Å². The molecule has 0 aliphatic carbocycles. The summed E-state index contributed by atoms with van der Waals surface area (Å²) in [5.41, 5.74) is 0. The lowest BCUT2D eigenvalue weighted by atomic mass is 10.2. The summed E-state index contributed by atoms with van der Waals surface area (Å²) in [7, 11) is 0. The van der Waals surface area contributed by atoms with Crippen LogP contribution in [0.5, 0.6) is 0 Å². The van der Waals surface area contributed by atoms with E-state index in [2.05, 4.69) is 21.2 Å². The fourth-order valence-electron chi connectivity index (χ4n) is 1.65. The maximum absolute atomic E-state index is 11.4. The van der Waals surface area contributed by atoms with Gasteiger partial charge in [-0.1, -0.05) is 22.0 Å². The highest BCUT2D eigenvalue weighted by atomic mass is 79.9. The van der Waals surface area contributed by atoms with E-state index in [0.717, 1.165) is 31.2 Å². The Labute approximate surface area is 119 Å². The number of hydrogen-bond donors (Lipinski definition) is 1. The van der Waals surface area contributed by atoms with Crippen LogP contribution in [0.15, 0.2) is 33.6 Å². The third-order valence-electron chi connectivity index (χ3n) is 2.42. The Morgan fingerprint density at radius 1 is 1.22 bits per heavy atom. The van der Waals surface area contributed by atoms with Crippen LogP contribution in [0.3, 0.4) is 0 Å². The third-order valence-corrected chi connectivity index (χ3v) is 4.77. The number of imide groups is 1. The van der Waals surface area contributed by atoms with Gasteiger partial charge in [0.15, 0.2) is 0 Å². The topological polar surface area (TPSA) is 46.2 Å². The van der Waals surface area contributed by atoms with Crippen LogP contribution < -0.4 is 5.32 Å². The number of halogens is 1. The maximum atomic E-state index is 11.4. The van der Waals surface area contributed by atoms with Crippen LogP contribution in [0.2, 0.25) is 0 Å². The minimum Gasteiger partial charge on any atom is -0.282 e. The normalized spacial score (nSPS) is 17.7. The molecule has 3 nitrogen and oxygen atoms in total. The molecule has 1 aromatic heterocycles. The molecular formula is C12H6BrNO2S2. The zero-order valence-corrected chi connectivity index (χ0v) is 12.1. The molecule has 1 aliphatic heterocycles. The van der Waals surface area contributed by atoms with E-state index in [9.17, 15) is 9.59 Å². The minimum atomic E-state index is -0.316. The number of carbonyl (C=O) groups is 2. The monoisotopic (exact) mass is 339 g/mol. The Hall–Kier alpha value is -1.11. The number of amides is 2. The molecule has 0 unspecified atom stereocenters. The molecule has 0 radical (unpaired) electrons. The average Bonchev–Trinajstić information content (AvgIpc) is 2.82. The molecule has 1 N–H and O–H groups in total. The van der Waals surface area contributed by atoms with Gasteiger partial charge >= 0.3 is 0 Å². The molecule has 0 saturated carbocycles. The highest BCUT2D eigenvalue weighted by molar-refractivity contribution is 9.10. The van der Waals surface area contributed by atoms with Gasteiger partial charge in [-0.2, -0.15) is 0 Å². The number of fused-ring (bicyclic) bond motifs is 1. The predicted molar refractivity (Wildman–Crippen MR) is 78.6 cm³/mol. The second-order valence-electron chi connectivity index (χ2n) is 3.68. The predicted octanol–water partition coefficient (Wildman–Crippen LogP) is 3.99. The SMILES string of the molecule is O=C1NC(=O)/C(=C/c2cc3ccc(Br)cc3s2)S1. The maximum Gasteiger partial charge on any atom is 0.290 e. The van der Waals surface area contributed by atoms with Gasteiger partial charge in [-0.05, 0) is 41.4 Å². The van der Waals surface area contributed by atoms with E-state index in [0.29, 0.717) is 4.91 Å². The van der Waals surface area contributed by atoms with E-state index < -0.39 is 0 Å². The quantitative estimate of drug-likeness (QED) is 0.799. The second-order valence-corrected chi connectivity index (χ2v) is 6.73. The number of nitrogens with one attached hydrogen (secondary N) is 1. The van der Waals surface area contributed by atoms with Gasteiger partial charge in [-0.15, -0.1) is 11.3 Å². The van der Waals surface area contributed by atoms with Crippen molar-refractivity contribution in [2.75, 3.05) is 0 Å². The summed E-state index contributed by atoms with van der Waals surface area (Å²) in [6, 6.07) is 8.04. The molecule has 1 saturated heterocycles. The van der Waals surface area contributed by atoms with Crippen molar-refractivity contribution < 1.29 is 9.59 Å². The zero-order valence-electron chi connectivity index (χ0n) is 8.90. The lowest BCUT2D eigenvalue weighted by Gasteiger charge is -1.88. The van der Waals surface area contributed by atoms with Crippen molar-refractivity contribution in [2.45, 2.75) is 0 Å². The highest BCUT2D eigenvalue weighted by Crippen LogP contribution is 2.32. The van der Waals surface area contributed by atoms with Crippen molar-refractivity contribution in [1.82, 2.24) is 5.32 Å². The van der Waals surface area contributed by atoms with Crippen LogP contribution in [0.1, 0.15) is 4.88 Å². The molecule has 6 heteroatoms. The molecule has 1 fully saturated rings. The van der Waals surface area contributed by atoms with Crippen LogP contribution in [-0.2, 0) is 4.79 Å². The lowest BCUT2D eigenvalue weighted by Crippen LogP contribution is -2.17. The molecule has 1 aliphatic rings. The van der Waals surface area contributed by atoms with Crippen molar-refractivity contribution in [3.8, 4) is 0 Å². The van der Waals surface area contributed by atoms with E-state index in [1.165, 1.54) is 0 Å². The molecule has 0 bridgehead atoms.